The highest BCUT2D eigenvalue weighted by Crippen LogP contribution is 2.31. The molecule has 0 unspecified atom stereocenters. The van der Waals surface area contributed by atoms with Crippen LogP contribution in [0.2, 0.25) is 0 Å². The molecule has 0 spiro atoms. The summed E-state index contributed by atoms with van der Waals surface area (Å²) in [5.41, 5.74) is 1.26. The molecule has 1 aromatic carbocycles. The van der Waals surface area contributed by atoms with Crippen molar-refractivity contribution in [3.05, 3.63) is 28.2 Å². The first-order chi connectivity index (χ1) is 8.50. The minimum absolute atomic E-state index is 0.393. The van der Waals surface area contributed by atoms with Crippen LogP contribution in [0.4, 0.5) is 5.69 Å². The number of nitrogens with zero attached hydrogens (tertiary/aromatic N) is 1. The van der Waals surface area contributed by atoms with Gasteiger partial charge in [-0.25, -0.2) is 0 Å². The van der Waals surface area contributed by atoms with Crippen molar-refractivity contribution in [2.45, 2.75) is 26.7 Å². The smallest absolute Gasteiger partial charge is 0.299 e. The fourth-order valence-corrected chi connectivity index (χ4v) is 2.51. The molecule has 0 N–H and O–H groups in total. The molecule has 0 radical (unpaired) electrons. The molecule has 0 fully saturated rings. The van der Waals surface area contributed by atoms with Gasteiger partial charge < -0.3 is 4.90 Å². The molecule has 1 aliphatic rings. The number of ketones is 1. The SMILES string of the molecule is CC(C)CCCN1C(=O)C(=O)c2cc(Br)ccc21. The maximum Gasteiger partial charge on any atom is 0.299 e. The summed E-state index contributed by atoms with van der Waals surface area (Å²) in [6, 6.07) is 5.41. The topological polar surface area (TPSA) is 37.4 Å². The third-order valence-corrected chi connectivity index (χ3v) is 3.59. The van der Waals surface area contributed by atoms with Crippen molar-refractivity contribution in [1.29, 1.82) is 0 Å². The fraction of sp³-hybridized carbons (Fsp3) is 0.429. The predicted octanol–water partition coefficient (Wildman–Crippen LogP) is 3.41. The average Bonchev–Trinajstić information content (AvgIpc) is 2.54. The molecular weight excluding hydrogens is 294 g/mol. The van der Waals surface area contributed by atoms with E-state index in [0.29, 0.717) is 18.0 Å². The number of halogens is 1. The lowest BCUT2D eigenvalue weighted by atomic mass is 10.1. The summed E-state index contributed by atoms with van der Waals surface area (Å²) in [5, 5.41) is 0. The van der Waals surface area contributed by atoms with Crippen LogP contribution in [0.3, 0.4) is 0 Å². The van der Waals surface area contributed by atoms with Gasteiger partial charge in [0.1, 0.15) is 0 Å². The van der Waals surface area contributed by atoms with Crippen LogP contribution in [-0.4, -0.2) is 18.2 Å². The van der Waals surface area contributed by atoms with Gasteiger partial charge in [0.2, 0.25) is 0 Å². The lowest BCUT2D eigenvalue weighted by molar-refractivity contribution is -0.114. The van der Waals surface area contributed by atoms with E-state index in [9.17, 15) is 9.59 Å². The molecule has 0 atom stereocenters. The summed E-state index contributed by atoms with van der Waals surface area (Å²) >= 11 is 3.32. The van der Waals surface area contributed by atoms with Gasteiger partial charge in [0.15, 0.2) is 0 Å². The van der Waals surface area contributed by atoms with Crippen molar-refractivity contribution in [2.75, 3.05) is 11.4 Å². The number of carbonyl (C=O) groups excluding carboxylic acids is 2. The second-order valence-electron chi connectivity index (χ2n) is 4.98. The molecule has 3 nitrogen and oxygen atoms in total. The molecule has 4 heteroatoms. The van der Waals surface area contributed by atoms with Gasteiger partial charge in [0.25, 0.3) is 11.7 Å². The van der Waals surface area contributed by atoms with Crippen LogP contribution in [0.15, 0.2) is 22.7 Å². The summed E-state index contributed by atoms with van der Waals surface area (Å²) < 4.78 is 0.825. The molecule has 1 heterocycles. The fourth-order valence-electron chi connectivity index (χ4n) is 2.15. The molecule has 18 heavy (non-hydrogen) atoms. The Bertz CT molecular complexity index is 497. The van der Waals surface area contributed by atoms with E-state index in [-0.39, 0.29) is 0 Å². The van der Waals surface area contributed by atoms with E-state index in [1.165, 1.54) is 0 Å². The van der Waals surface area contributed by atoms with Gasteiger partial charge in [-0.3, -0.25) is 9.59 Å². The average molecular weight is 310 g/mol. The maximum absolute atomic E-state index is 11.9. The zero-order chi connectivity index (χ0) is 13.3. The zero-order valence-electron chi connectivity index (χ0n) is 10.6. The van der Waals surface area contributed by atoms with E-state index < -0.39 is 11.7 Å². The summed E-state index contributed by atoms with van der Waals surface area (Å²) in [7, 11) is 0. The monoisotopic (exact) mass is 309 g/mol. The van der Waals surface area contributed by atoms with Gasteiger partial charge in [-0.15, -0.1) is 0 Å². The molecule has 1 amide bonds. The van der Waals surface area contributed by atoms with E-state index in [1.807, 2.05) is 12.1 Å². The number of benzene rings is 1. The number of amides is 1. The van der Waals surface area contributed by atoms with Gasteiger partial charge in [-0.05, 0) is 37.0 Å². The van der Waals surface area contributed by atoms with Crippen molar-refractivity contribution in [1.82, 2.24) is 0 Å². The van der Waals surface area contributed by atoms with Crippen LogP contribution >= 0.6 is 15.9 Å². The highest BCUT2D eigenvalue weighted by Gasteiger charge is 2.35. The molecule has 0 aliphatic carbocycles. The number of rotatable bonds is 4. The largest absolute Gasteiger partial charge is 0.305 e. The van der Waals surface area contributed by atoms with Crippen LogP contribution in [0.1, 0.15) is 37.0 Å². The first kappa shape index (κ1) is 13.3. The van der Waals surface area contributed by atoms with Crippen LogP contribution in [0.25, 0.3) is 0 Å². The Balaban J connectivity index is 2.18. The number of hydrogen-bond donors (Lipinski definition) is 0. The van der Waals surface area contributed by atoms with Crippen LogP contribution in [-0.2, 0) is 4.79 Å². The quantitative estimate of drug-likeness (QED) is 0.799. The summed E-state index contributed by atoms with van der Waals surface area (Å²) in [6.45, 7) is 4.93. The number of fused-ring (bicyclic) bond motifs is 1. The van der Waals surface area contributed by atoms with E-state index in [0.717, 1.165) is 23.0 Å². The Hall–Kier alpha value is -1.16. The minimum atomic E-state index is -0.396. The van der Waals surface area contributed by atoms with Gasteiger partial charge in [0.05, 0.1) is 11.3 Å². The molecule has 2 rings (SSSR count). The summed E-state index contributed by atoms with van der Waals surface area (Å²) in [6.07, 6.45) is 1.98. The first-order valence-electron chi connectivity index (χ1n) is 6.16. The lowest BCUT2D eigenvalue weighted by Crippen LogP contribution is -2.30. The van der Waals surface area contributed by atoms with Crippen molar-refractivity contribution >= 4 is 33.3 Å². The standard InChI is InChI=1S/C14H16BrNO2/c1-9(2)4-3-7-16-12-6-5-10(15)8-11(12)13(17)14(16)18/h5-6,8-9H,3-4,7H2,1-2H3. The van der Waals surface area contributed by atoms with Gasteiger partial charge >= 0.3 is 0 Å². The molecule has 96 valence electrons. The summed E-state index contributed by atoms with van der Waals surface area (Å²) in [5.74, 6) is -0.175. The van der Waals surface area contributed by atoms with Crippen LogP contribution < -0.4 is 4.90 Å². The maximum atomic E-state index is 11.9. The van der Waals surface area contributed by atoms with E-state index >= 15 is 0 Å². The van der Waals surface area contributed by atoms with Gasteiger partial charge in [0, 0.05) is 11.0 Å². The Morgan fingerprint density at radius 2 is 2.00 bits per heavy atom. The Morgan fingerprint density at radius 3 is 2.67 bits per heavy atom. The van der Waals surface area contributed by atoms with Gasteiger partial charge in [-0.1, -0.05) is 29.8 Å². The molecule has 1 aliphatic heterocycles. The minimum Gasteiger partial charge on any atom is -0.305 e. The van der Waals surface area contributed by atoms with Crippen LogP contribution in [0, 0.1) is 5.92 Å². The van der Waals surface area contributed by atoms with Crippen molar-refractivity contribution < 1.29 is 9.59 Å². The van der Waals surface area contributed by atoms with Crippen molar-refractivity contribution in [3.8, 4) is 0 Å². The van der Waals surface area contributed by atoms with Crippen molar-refractivity contribution in [3.63, 3.8) is 0 Å². The highest BCUT2D eigenvalue weighted by molar-refractivity contribution is 9.10. The second kappa shape index (κ2) is 5.22. The van der Waals surface area contributed by atoms with E-state index in [4.69, 9.17) is 0 Å². The third kappa shape index (κ3) is 2.48. The molecule has 0 bridgehead atoms. The van der Waals surface area contributed by atoms with E-state index in [1.54, 1.807) is 11.0 Å². The van der Waals surface area contributed by atoms with Gasteiger partial charge in [-0.2, -0.15) is 0 Å². The molecule has 0 saturated carbocycles. The first-order valence-corrected chi connectivity index (χ1v) is 6.95. The Kier molecular flexibility index (Phi) is 3.85. The van der Waals surface area contributed by atoms with Crippen LogP contribution in [0.5, 0.6) is 0 Å². The number of Topliss-reactive ketones (excluding diaryl/α,β-unsaturated/α-hetero) is 1. The molecule has 0 aromatic heterocycles. The second-order valence-corrected chi connectivity index (χ2v) is 5.90. The Morgan fingerprint density at radius 1 is 1.28 bits per heavy atom. The molecule has 1 aromatic rings. The zero-order valence-corrected chi connectivity index (χ0v) is 12.2. The third-order valence-electron chi connectivity index (χ3n) is 3.10. The number of carbonyl (C=O) groups is 2. The van der Waals surface area contributed by atoms with Crippen molar-refractivity contribution in [2.24, 2.45) is 5.92 Å². The lowest BCUT2D eigenvalue weighted by Gasteiger charge is -2.17. The number of anilines is 1. The highest BCUT2D eigenvalue weighted by atomic mass is 79.9. The normalized spacial score (nSPS) is 14.6. The molecular formula is C14H16BrNO2. The predicted molar refractivity (Wildman–Crippen MR) is 74.9 cm³/mol. The Labute approximate surface area is 115 Å². The summed E-state index contributed by atoms with van der Waals surface area (Å²) in [4.78, 5) is 25.4. The molecule has 0 saturated heterocycles. The number of hydrogen-bond acceptors (Lipinski definition) is 2. The van der Waals surface area contributed by atoms with E-state index in [2.05, 4.69) is 29.8 Å².